The zero-order chi connectivity index (χ0) is 15.0. The molecule has 1 aromatic carbocycles. The van der Waals surface area contributed by atoms with Crippen molar-refractivity contribution in [1.82, 2.24) is 19.9 Å². The molecule has 0 unspecified atom stereocenters. The fourth-order valence-electron chi connectivity index (χ4n) is 1.74. The molecule has 0 atom stereocenters. The predicted molar refractivity (Wildman–Crippen MR) is 74.3 cm³/mol. The van der Waals surface area contributed by atoms with Crippen LogP contribution in [0.15, 0.2) is 24.5 Å². The molecule has 0 fully saturated rings. The van der Waals surface area contributed by atoms with E-state index < -0.39 is 4.92 Å². The van der Waals surface area contributed by atoms with Gasteiger partial charge in [-0.15, -0.1) is 0 Å². The number of fused-ring (bicyclic) bond motifs is 1. The van der Waals surface area contributed by atoms with Crippen molar-refractivity contribution in [1.29, 1.82) is 0 Å². The molecule has 2 aromatic heterocycles. The molecule has 0 bridgehead atoms. The third-order valence-corrected chi connectivity index (χ3v) is 2.91. The lowest BCUT2D eigenvalue weighted by Gasteiger charge is -2.07. The van der Waals surface area contributed by atoms with Crippen molar-refractivity contribution in [2.24, 2.45) is 0 Å². The molecule has 2 heterocycles. The Morgan fingerprint density at radius 2 is 2.19 bits per heavy atom. The zero-order valence-corrected chi connectivity index (χ0v) is 11.0. The summed E-state index contributed by atoms with van der Waals surface area (Å²) in [5, 5.41) is 11.1. The number of para-hydroxylation sites is 1. The van der Waals surface area contributed by atoms with E-state index in [0.29, 0.717) is 5.52 Å². The molecular weight excluding hydrogens is 300 g/mol. The Hall–Kier alpha value is -2.94. The monoisotopic (exact) mass is 306 g/mol. The van der Waals surface area contributed by atoms with E-state index in [1.807, 2.05) is 0 Å². The van der Waals surface area contributed by atoms with Crippen molar-refractivity contribution in [2.45, 2.75) is 0 Å². The van der Waals surface area contributed by atoms with Gasteiger partial charge in [-0.2, -0.15) is 9.97 Å². The van der Waals surface area contributed by atoms with Crippen LogP contribution in [0.5, 0.6) is 11.6 Å². The maximum absolute atomic E-state index is 11.0. The van der Waals surface area contributed by atoms with Gasteiger partial charge < -0.3 is 15.5 Å². The van der Waals surface area contributed by atoms with Gasteiger partial charge in [-0.1, -0.05) is 17.7 Å². The fraction of sp³-hybridized carbons (Fsp3) is 0. The second-order valence-electron chi connectivity index (χ2n) is 3.94. The van der Waals surface area contributed by atoms with Crippen LogP contribution in [0.25, 0.3) is 11.2 Å². The van der Waals surface area contributed by atoms with Gasteiger partial charge in [0.2, 0.25) is 11.7 Å². The summed E-state index contributed by atoms with van der Waals surface area (Å²) < 4.78 is 5.48. The van der Waals surface area contributed by atoms with Crippen molar-refractivity contribution >= 4 is 34.4 Å². The smallest absolute Gasteiger partial charge is 0.313 e. The van der Waals surface area contributed by atoms with E-state index >= 15 is 0 Å². The number of nitro benzene ring substituents is 1. The third-order valence-electron chi connectivity index (χ3n) is 2.61. The number of nitro groups is 1. The number of rotatable bonds is 3. The Morgan fingerprint density at radius 1 is 1.38 bits per heavy atom. The van der Waals surface area contributed by atoms with Crippen LogP contribution in [0.4, 0.5) is 11.6 Å². The Labute approximate surface area is 121 Å². The van der Waals surface area contributed by atoms with Crippen molar-refractivity contribution in [3.63, 3.8) is 0 Å². The van der Waals surface area contributed by atoms with Crippen LogP contribution in [-0.2, 0) is 0 Å². The molecule has 0 amide bonds. The van der Waals surface area contributed by atoms with Gasteiger partial charge in [0.25, 0.3) is 5.88 Å². The van der Waals surface area contributed by atoms with E-state index in [4.69, 9.17) is 22.1 Å². The molecule has 0 saturated heterocycles. The first-order chi connectivity index (χ1) is 10.1. The lowest BCUT2D eigenvalue weighted by molar-refractivity contribution is -0.385. The topological polar surface area (TPSA) is 133 Å². The summed E-state index contributed by atoms with van der Waals surface area (Å²) in [6.07, 6.45) is 1.38. The van der Waals surface area contributed by atoms with E-state index in [-0.39, 0.29) is 33.9 Å². The Bertz CT molecular complexity index is 849. The normalized spacial score (nSPS) is 10.7. The quantitative estimate of drug-likeness (QED) is 0.560. The van der Waals surface area contributed by atoms with Gasteiger partial charge >= 0.3 is 5.69 Å². The maximum atomic E-state index is 11.0. The van der Waals surface area contributed by atoms with Crippen LogP contribution >= 0.6 is 11.6 Å². The van der Waals surface area contributed by atoms with Crippen molar-refractivity contribution < 1.29 is 9.66 Å². The molecule has 3 rings (SSSR count). The number of aromatic nitrogens is 4. The Kier molecular flexibility index (Phi) is 3.03. The number of nitrogens with two attached hydrogens (primary N) is 1. The number of imidazole rings is 1. The highest BCUT2D eigenvalue weighted by Gasteiger charge is 2.21. The number of nitrogen functional groups attached to an aromatic ring is 1. The highest BCUT2D eigenvalue weighted by Crippen LogP contribution is 2.38. The number of hydrogen-bond donors (Lipinski definition) is 2. The fourth-order valence-corrected chi connectivity index (χ4v) is 1.94. The van der Waals surface area contributed by atoms with E-state index in [1.165, 1.54) is 24.5 Å². The highest BCUT2D eigenvalue weighted by atomic mass is 35.5. The summed E-state index contributed by atoms with van der Waals surface area (Å²) in [6, 6.07) is 4.20. The highest BCUT2D eigenvalue weighted by molar-refractivity contribution is 6.32. The SMILES string of the molecule is Nc1nc(Oc2c(Cl)cccc2[N+](=O)[O-])c2[nH]cnc2n1. The van der Waals surface area contributed by atoms with Crippen LogP contribution < -0.4 is 10.5 Å². The summed E-state index contributed by atoms with van der Waals surface area (Å²) in [5.74, 6) is -0.191. The van der Waals surface area contributed by atoms with Crippen molar-refractivity contribution in [3.05, 3.63) is 39.7 Å². The molecule has 10 heteroatoms. The average Bonchev–Trinajstić information content (AvgIpc) is 2.88. The molecule has 0 aliphatic carbocycles. The van der Waals surface area contributed by atoms with Gasteiger partial charge in [-0.25, -0.2) is 4.98 Å². The van der Waals surface area contributed by atoms with Crippen LogP contribution in [0.1, 0.15) is 0 Å². The lowest BCUT2D eigenvalue weighted by atomic mass is 10.3. The summed E-state index contributed by atoms with van der Waals surface area (Å²) in [7, 11) is 0. The number of halogens is 1. The first-order valence-corrected chi connectivity index (χ1v) is 6.01. The summed E-state index contributed by atoms with van der Waals surface area (Å²) >= 11 is 5.96. The van der Waals surface area contributed by atoms with Crippen LogP contribution in [-0.4, -0.2) is 24.9 Å². The molecule has 21 heavy (non-hydrogen) atoms. The molecule has 0 aliphatic heterocycles. The largest absolute Gasteiger partial charge is 0.428 e. The molecule has 0 spiro atoms. The van der Waals surface area contributed by atoms with Crippen LogP contribution in [0.3, 0.4) is 0 Å². The molecule has 0 saturated carbocycles. The number of hydrogen-bond acceptors (Lipinski definition) is 7. The number of nitrogens with zero attached hydrogens (tertiary/aromatic N) is 4. The third kappa shape index (κ3) is 2.30. The molecule has 9 nitrogen and oxygen atoms in total. The minimum atomic E-state index is -0.601. The average molecular weight is 307 g/mol. The van der Waals surface area contributed by atoms with Crippen molar-refractivity contribution in [3.8, 4) is 11.6 Å². The van der Waals surface area contributed by atoms with Crippen LogP contribution in [0, 0.1) is 10.1 Å². The molecule has 3 N–H and O–H groups in total. The van der Waals surface area contributed by atoms with Gasteiger partial charge in [0, 0.05) is 6.07 Å². The molecular formula is C11H7ClN6O3. The molecule has 106 valence electrons. The van der Waals surface area contributed by atoms with Gasteiger partial charge in [0.15, 0.2) is 5.65 Å². The van der Waals surface area contributed by atoms with Gasteiger partial charge in [0.1, 0.15) is 5.52 Å². The zero-order valence-electron chi connectivity index (χ0n) is 10.3. The number of aromatic amines is 1. The molecule has 0 radical (unpaired) electrons. The van der Waals surface area contributed by atoms with Crippen molar-refractivity contribution in [2.75, 3.05) is 5.73 Å². The lowest BCUT2D eigenvalue weighted by Crippen LogP contribution is -2.00. The molecule has 3 aromatic rings. The standard InChI is InChI=1S/C11H7ClN6O3/c12-5-2-1-3-6(18(19)20)8(5)21-10-7-9(15-4-14-7)16-11(13)17-10/h1-4H,(H3,13,14,15,16,17). The van der Waals surface area contributed by atoms with Crippen LogP contribution in [0.2, 0.25) is 5.02 Å². The van der Waals surface area contributed by atoms with E-state index in [1.54, 1.807) is 0 Å². The maximum Gasteiger partial charge on any atom is 0.313 e. The van der Waals surface area contributed by atoms with E-state index in [2.05, 4.69) is 19.9 Å². The summed E-state index contributed by atoms with van der Waals surface area (Å²) in [5.41, 5.74) is 5.91. The number of H-pyrrole nitrogens is 1. The second kappa shape index (κ2) is 4.87. The number of anilines is 1. The van der Waals surface area contributed by atoms with Gasteiger partial charge in [-0.3, -0.25) is 10.1 Å². The number of nitrogens with one attached hydrogen (secondary N) is 1. The minimum absolute atomic E-state index is 0.00574. The summed E-state index contributed by atoms with van der Waals surface area (Å²) in [6.45, 7) is 0. The predicted octanol–water partition coefficient (Wildman–Crippen LogP) is 2.29. The summed E-state index contributed by atoms with van der Waals surface area (Å²) in [4.78, 5) is 24.9. The molecule has 0 aliphatic rings. The number of ether oxygens (including phenoxy) is 1. The first-order valence-electron chi connectivity index (χ1n) is 5.63. The Morgan fingerprint density at radius 3 is 2.95 bits per heavy atom. The Balaban J connectivity index is 2.15. The first kappa shape index (κ1) is 13.1. The van der Waals surface area contributed by atoms with Gasteiger partial charge in [0.05, 0.1) is 16.3 Å². The minimum Gasteiger partial charge on any atom is -0.428 e. The van der Waals surface area contributed by atoms with Gasteiger partial charge in [-0.05, 0) is 6.07 Å². The van der Waals surface area contributed by atoms with E-state index in [9.17, 15) is 10.1 Å². The number of benzene rings is 1. The van der Waals surface area contributed by atoms with E-state index in [0.717, 1.165) is 0 Å². The second-order valence-corrected chi connectivity index (χ2v) is 4.34.